The highest BCUT2D eigenvalue weighted by molar-refractivity contribution is 7.12. The maximum Gasteiger partial charge on any atom is 0.260 e. The van der Waals surface area contributed by atoms with Crippen molar-refractivity contribution in [3.63, 3.8) is 0 Å². The van der Waals surface area contributed by atoms with Gasteiger partial charge in [-0.15, -0.1) is 11.3 Å². The number of nitrogens with two attached hydrogens (primary N) is 1. The standard InChI is InChI=1S/C24H30FN5O2S/c1-27-18-15-23(32-19-3-13-33-21(18)19)4-11-30(12-5-23)22(31)24(25)6-9-29(10-7-24)16-17-2-8-28-20(26)14-17/h2-3,8,13-14H,4-7,9-12,15-16H2,1H3,(H2,26,28)/b27-18-. The van der Waals surface area contributed by atoms with Crippen molar-refractivity contribution in [1.82, 2.24) is 14.8 Å². The first kappa shape index (κ1) is 22.3. The highest BCUT2D eigenvalue weighted by Crippen LogP contribution is 2.42. The molecule has 2 saturated heterocycles. The fraction of sp³-hybridized carbons (Fsp3) is 0.542. The Bertz CT molecular complexity index is 1050. The lowest BCUT2D eigenvalue weighted by atomic mass is 9.82. The number of halogens is 1. The maximum atomic E-state index is 15.7. The van der Waals surface area contributed by atoms with Crippen LogP contribution in [0.15, 0.2) is 34.8 Å². The molecular weight excluding hydrogens is 441 g/mol. The van der Waals surface area contributed by atoms with Crippen LogP contribution < -0.4 is 10.5 Å². The number of amides is 1. The molecule has 5 heterocycles. The fourth-order valence-electron chi connectivity index (χ4n) is 5.23. The molecule has 0 aliphatic carbocycles. The van der Waals surface area contributed by atoms with Crippen LogP contribution in [0, 0.1) is 0 Å². The van der Waals surface area contributed by atoms with Gasteiger partial charge in [-0.3, -0.25) is 14.7 Å². The van der Waals surface area contributed by atoms with E-state index < -0.39 is 5.67 Å². The molecule has 33 heavy (non-hydrogen) atoms. The minimum absolute atomic E-state index is 0.218. The summed E-state index contributed by atoms with van der Waals surface area (Å²) in [6.45, 7) is 2.81. The zero-order chi connectivity index (χ0) is 23.1. The Hall–Kier alpha value is -2.52. The first-order chi connectivity index (χ1) is 15.9. The highest BCUT2D eigenvalue weighted by atomic mass is 32.1. The van der Waals surface area contributed by atoms with Gasteiger partial charge in [0.2, 0.25) is 0 Å². The number of fused-ring (bicyclic) bond motifs is 1. The van der Waals surface area contributed by atoms with E-state index in [4.69, 9.17) is 10.5 Å². The third-order valence-corrected chi connectivity index (χ3v) is 8.17. The monoisotopic (exact) mass is 471 g/mol. The maximum absolute atomic E-state index is 15.7. The Morgan fingerprint density at radius 3 is 2.70 bits per heavy atom. The number of likely N-dealkylation sites (tertiary alicyclic amines) is 2. The van der Waals surface area contributed by atoms with Gasteiger partial charge in [-0.25, -0.2) is 9.37 Å². The summed E-state index contributed by atoms with van der Waals surface area (Å²) in [6.07, 6.45) is 4.25. The normalized spacial score (nSPS) is 23.3. The van der Waals surface area contributed by atoms with E-state index in [-0.39, 0.29) is 24.3 Å². The summed E-state index contributed by atoms with van der Waals surface area (Å²) < 4.78 is 22.1. The molecular formula is C24H30FN5O2S. The summed E-state index contributed by atoms with van der Waals surface area (Å²) in [5, 5.41) is 2.02. The van der Waals surface area contributed by atoms with Crippen molar-refractivity contribution < 1.29 is 13.9 Å². The largest absolute Gasteiger partial charge is 0.485 e. The molecule has 9 heteroatoms. The molecule has 2 aromatic rings. The van der Waals surface area contributed by atoms with E-state index in [0.717, 1.165) is 28.3 Å². The Kier molecular flexibility index (Phi) is 5.86. The van der Waals surface area contributed by atoms with Gasteiger partial charge < -0.3 is 15.4 Å². The van der Waals surface area contributed by atoms with Crippen LogP contribution in [0.4, 0.5) is 10.2 Å². The van der Waals surface area contributed by atoms with E-state index in [1.165, 1.54) is 0 Å². The van der Waals surface area contributed by atoms with E-state index >= 15 is 4.39 Å². The minimum Gasteiger partial charge on any atom is -0.485 e. The second kappa shape index (κ2) is 8.68. The number of carbonyl (C=O) groups excluding carboxylic acids is 1. The molecule has 5 rings (SSSR count). The van der Waals surface area contributed by atoms with Gasteiger partial charge in [0.15, 0.2) is 5.67 Å². The summed E-state index contributed by atoms with van der Waals surface area (Å²) in [5.74, 6) is 1.01. The second-order valence-electron chi connectivity index (χ2n) is 9.37. The average molecular weight is 472 g/mol. The number of hydrogen-bond acceptors (Lipinski definition) is 7. The zero-order valence-electron chi connectivity index (χ0n) is 18.9. The van der Waals surface area contributed by atoms with Crippen LogP contribution in [-0.2, 0) is 11.3 Å². The van der Waals surface area contributed by atoms with Crippen molar-refractivity contribution in [3.05, 3.63) is 40.2 Å². The van der Waals surface area contributed by atoms with Gasteiger partial charge in [0.25, 0.3) is 5.91 Å². The molecule has 1 amide bonds. The van der Waals surface area contributed by atoms with Crippen LogP contribution in [0.3, 0.4) is 0 Å². The van der Waals surface area contributed by atoms with Crippen molar-refractivity contribution in [1.29, 1.82) is 0 Å². The van der Waals surface area contributed by atoms with Crippen molar-refractivity contribution in [2.45, 2.75) is 49.9 Å². The summed E-state index contributed by atoms with van der Waals surface area (Å²) in [5.41, 5.74) is 5.74. The van der Waals surface area contributed by atoms with Crippen LogP contribution in [0.25, 0.3) is 0 Å². The predicted molar refractivity (Wildman–Crippen MR) is 128 cm³/mol. The number of thiophene rings is 1. The van der Waals surface area contributed by atoms with Gasteiger partial charge >= 0.3 is 0 Å². The number of rotatable bonds is 3. The van der Waals surface area contributed by atoms with E-state index in [9.17, 15) is 4.79 Å². The highest BCUT2D eigenvalue weighted by Gasteiger charge is 2.48. The summed E-state index contributed by atoms with van der Waals surface area (Å²) in [4.78, 5) is 26.7. The lowest BCUT2D eigenvalue weighted by molar-refractivity contribution is -0.151. The molecule has 2 N–H and O–H groups in total. The summed E-state index contributed by atoms with van der Waals surface area (Å²) in [6, 6.07) is 5.75. The smallest absolute Gasteiger partial charge is 0.260 e. The topological polar surface area (TPSA) is 84.1 Å². The average Bonchev–Trinajstić information content (AvgIpc) is 3.28. The number of nitrogens with zero attached hydrogens (tertiary/aromatic N) is 4. The number of pyridine rings is 1. The number of piperidine rings is 2. The molecule has 0 radical (unpaired) electrons. The number of ether oxygens (including phenoxy) is 1. The molecule has 0 atom stereocenters. The Labute approximate surface area is 197 Å². The van der Waals surface area contributed by atoms with Crippen molar-refractivity contribution in [3.8, 4) is 5.75 Å². The molecule has 2 fully saturated rings. The number of anilines is 1. The molecule has 0 unspecified atom stereocenters. The summed E-state index contributed by atoms with van der Waals surface area (Å²) in [7, 11) is 1.82. The number of carbonyl (C=O) groups is 1. The zero-order valence-corrected chi connectivity index (χ0v) is 19.7. The van der Waals surface area contributed by atoms with E-state index in [2.05, 4.69) is 14.9 Å². The Morgan fingerprint density at radius 2 is 2.00 bits per heavy atom. The van der Waals surface area contributed by atoms with Crippen LogP contribution in [-0.4, -0.2) is 70.9 Å². The summed E-state index contributed by atoms with van der Waals surface area (Å²) >= 11 is 1.65. The van der Waals surface area contributed by atoms with Gasteiger partial charge in [0.1, 0.15) is 17.2 Å². The van der Waals surface area contributed by atoms with Gasteiger partial charge in [0, 0.05) is 78.1 Å². The molecule has 1 spiro atoms. The fourth-order valence-corrected chi connectivity index (χ4v) is 6.09. The van der Waals surface area contributed by atoms with Crippen LogP contribution in [0.2, 0.25) is 0 Å². The van der Waals surface area contributed by atoms with Crippen molar-refractivity contribution in [2.24, 2.45) is 4.99 Å². The molecule has 0 saturated carbocycles. The lowest BCUT2D eigenvalue weighted by Gasteiger charge is -2.46. The minimum atomic E-state index is -1.79. The molecule has 0 bridgehead atoms. The van der Waals surface area contributed by atoms with Crippen molar-refractivity contribution in [2.75, 3.05) is 39.0 Å². The van der Waals surface area contributed by atoms with E-state index in [1.807, 2.05) is 30.6 Å². The molecule has 7 nitrogen and oxygen atoms in total. The molecule has 2 aromatic heterocycles. The van der Waals surface area contributed by atoms with Gasteiger partial charge in [0.05, 0.1) is 10.6 Å². The second-order valence-corrected chi connectivity index (χ2v) is 10.3. The first-order valence-electron chi connectivity index (χ1n) is 11.5. The third-order valence-electron chi connectivity index (χ3n) is 7.22. The number of hydrogen-bond donors (Lipinski definition) is 1. The number of aromatic nitrogens is 1. The van der Waals surface area contributed by atoms with E-state index in [0.29, 0.717) is 51.4 Å². The number of alkyl halides is 1. The lowest BCUT2D eigenvalue weighted by Crippen LogP contribution is -2.57. The first-order valence-corrected chi connectivity index (χ1v) is 12.4. The molecule has 0 aromatic carbocycles. The SMILES string of the molecule is C/N=C1/CC2(CCN(C(=O)C3(F)CCN(Cc4ccnc(N)c4)CC3)CC2)Oc2ccsc21. The van der Waals surface area contributed by atoms with Crippen LogP contribution >= 0.6 is 11.3 Å². The molecule has 176 valence electrons. The van der Waals surface area contributed by atoms with Crippen LogP contribution in [0.1, 0.15) is 42.5 Å². The Morgan fingerprint density at radius 1 is 1.24 bits per heavy atom. The molecule has 3 aliphatic rings. The predicted octanol–water partition coefficient (Wildman–Crippen LogP) is 3.29. The van der Waals surface area contributed by atoms with Crippen molar-refractivity contribution >= 4 is 28.8 Å². The van der Waals surface area contributed by atoms with Gasteiger partial charge in [-0.05, 0) is 29.1 Å². The number of nitrogen functional groups attached to an aromatic ring is 1. The van der Waals surface area contributed by atoms with Gasteiger partial charge in [-0.2, -0.15) is 0 Å². The number of aliphatic imine (C=N–C) groups is 1. The van der Waals surface area contributed by atoms with Crippen LogP contribution in [0.5, 0.6) is 5.75 Å². The van der Waals surface area contributed by atoms with E-state index in [1.54, 1.807) is 22.4 Å². The Balaban J connectivity index is 1.18. The quantitative estimate of drug-likeness (QED) is 0.743. The molecule has 3 aliphatic heterocycles. The van der Waals surface area contributed by atoms with Gasteiger partial charge in [-0.1, -0.05) is 0 Å². The third kappa shape index (κ3) is 4.36.